The van der Waals surface area contributed by atoms with E-state index in [9.17, 15) is 25.0 Å². The Balaban J connectivity index is 2.08. The lowest BCUT2D eigenvalue weighted by Gasteiger charge is -2.22. The second-order valence-corrected chi connectivity index (χ2v) is 6.20. The Kier molecular flexibility index (Phi) is 3.65. The highest BCUT2D eigenvalue weighted by Gasteiger charge is 2.25. The normalized spacial score (nSPS) is 12.3. The molecule has 0 saturated heterocycles. The van der Waals surface area contributed by atoms with E-state index in [1.807, 2.05) is 12.1 Å². The van der Waals surface area contributed by atoms with Crippen LogP contribution in [0.3, 0.4) is 0 Å². The van der Waals surface area contributed by atoms with Crippen molar-refractivity contribution in [3.05, 3.63) is 72.5 Å². The molecular formula is C18H13N3O6. The summed E-state index contributed by atoms with van der Waals surface area (Å²) in [5.41, 5.74) is 0.892. The van der Waals surface area contributed by atoms with Crippen LogP contribution in [0.15, 0.2) is 41.2 Å². The van der Waals surface area contributed by atoms with Crippen LogP contribution in [-0.4, -0.2) is 21.5 Å². The third kappa shape index (κ3) is 2.51. The number of non-ortho nitro benzene ring substituents is 2. The quantitative estimate of drug-likeness (QED) is 0.519. The summed E-state index contributed by atoms with van der Waals surface area (Å²) in [6, 6.07) is 8.98. The van der Waals surface area contributed by atoms with Gasteiger partial charge in [-0.1, -0.05) is 0 Å². The van der Waals surface area contributed by atoms with Crippen LogP contribution in [-0.2, 0) is 13.0 Å². The van der Waals surface area contributed by atoms with Crippen molar-refractivity contribution in [2.75, 3.05) is 7.11 Å². The highest BCUT2D eigenvalue weighted by molar-refractivity contribution is 5.95. The zero-order chi connectivity index (χ0) is 19.3. The zero-order valence-corrected chi connectivity index (χ0v) is 14.2. The average Bonchev–Trinajstić information content (AvgIpc) is 2.66. The van der Waals surface area contributed by atoms with E-state index in [4.69, 9.17) is 4.74 Å². The average molecular weight is 367 g/mol. The van der Waals surface area contributed by atoms with Crippen molar-refractivity contribution in [2.24, 2.45) is 0 Å². The number of pyridine rings is 1. The second kappa shape index (κ2) is 5.90. The van der Waals surface area contributed by atoms with Gasteiger partial charge in [-0.15, -0.1) is 0 Å². The molecule has 3 aromatic rings. The molecule has 0 fully saturated rings. The number of aromatic nitrogens is 1. The van der Waals surface area contributed by atoms with Gasteiger partial charge in [-0.3, -0.25) is 25.0 Å². The minimum Gasteiger partial charge on any atom is -0.497 e. The fourth-order valence-electron chi connectivity index (χ4n) is 3.51. The molecule has 0 bridgehead atoms. The van der Waals surface area contributed by atoms with Gasteiger partial charge < -0.3 is 9.30 Å². The zero-order valence-electron chi connectivity index (χ0n) is 14.2. The van der Waals surface area contributed by atoms with Crippen molar-refractivity contribution in [1.29, 1.82) is 0 Å². The van der Waals surface area contributed by atoms with E-state index in [1.54, 1.807) is 19.2 Å². The maximum atomic E-state index is 12.9. The summed E-state index contributed by atoms with van der Waals surface area (Å²) in [5, 5.41) is 22.6. The first-order chi connectivity index (χ1) is 12.9. The third-order valence-corrected chi connectivity index (χ3v) is 4.79. The minimum atomic E-state index is -0.739. The summed E-state index contributed by atoms with van der Waals surface area (Å²) < 4.78 is 6.73. The van der Waals surface area contributed by atoms with Crippen LogP contribution in [0.5, 0.6) is 5.75 Å². The lowest BCUT2D eigenvalue weighted by atomic mass is 9.95. The second-order valence-electron chi connectivity index (χ2n) is 6.20. The number of aryl methyl sites for hydroxylation is 1. The van der Waals surface area contributed by atoms with Gasteiger partial charge in [0.15, 0.2) is 0 Å². The van der Waals surface area contributed by atoms with Gasteiger partial charge >= 0.3 is 0 Å². The molecular weight excluding hydrogens is 354 g/mol. The molecule has 9 heteroatoms. The SMILES string of the molecule is COc1ccc2c(c1)CCn1c-2cc2c([N+](=O)[O-])cc([N+](=O)[O-])cc2c1=O. The van der Waals surface area contributed by atoms with E-state index in [0.717, 1.165) is 23.3 Å². The number of hydrogen-bond donors (Lipinski definition) is 0. The molecule has 0 radical (unpaired) electrons. The standard InChI is InChI=1S/C18H13N3O6/c1-27-12-2-3-13-10(6-12)4-5-19-16(13)9-14-15(18(19)22)7-11(20(23)24)8-17(14)21(25)26/h2-3,6-9H,4-5H2,1H3. The Morgan fingerprint density at radius 2 is 1.81 bits per heavy atom. The Morgan fingerprint density at radius 1 is 1.04 bits per heavy atom. The molecule has 27 heavy (non-hydrogen) atoms. The van der Waals surface area contributed by atoms with Gasteiger partial charge in [0, 0.05) is 18.2 Å². The largest absolute Gasteiger partial charge is 0.497 e. The van der Waals surface area contributed by atoms with E-state index >= 15 is 0 Å². The molecule has 9 nitrogen and oxygen atoms in total. The summed E-state index contributed by atoms with van der Waals surface area (Å²) in [6.07, 6.45) is 0.585. The highest BCUT2D eigenvalue weighted by Crippen LogP contribution is 2.36. The number of ether oxygens (including phenoxy) is 1. The number of benzene rings is 2. The number of nitro benzene ring substituents is 2. The molecule has 0 N–H and O–H groups in total. The monoisotopic (exact) mass is 367 g/mol. The Labute approximate surface area is 151 Å². The van der Waals surface area contributed by atoms with Crippen LogP contribution >= 0.6 is 0 Å². The topological polar surface area (TPSA) is 118 Å². The third-order valence-electron chi connectivity index (χ3n) is 4.79. The van der Waals surface area contributed by atoms with E-state index in [2.05, 4.69) is 0 Å². The van der Waals surface area contributed by atoms with Crippen LogP contribution in [0.25, 0.3) is 22.0 Å². The van der Waals surface area contributed by atoms with Crippen LogP contribution in [0.1, 0.15) is 5.56 Å². The molecule has 1 aliphatic rings. The van der Waals surface area contributed by atoms with Crippen LogP contribution in [0, 0.1) is 20.2 Å². The molecule has 2 aromatic carbocycles. The first kappa shape index (κ1) is 16.7. The summed E-state index contributed by atoms with van der Waals surface area (Å²) in [6.45, 7) is 0.376. The molecule has 136 valence electrons. The maximum Gasteiger partial charge on any atom is 0.284 e. The predicted molar refractivity (Wildman–Crippen MR) is 97.2 cm³/mol. The van der Waals surface area contributed by atoms with Crippen molar-refractivity contribution >= 4 is 22.1 Å². The number of hydrogen-bond acceptors (Lipinski definition) is 6. The lowest BCUT2D eigenvalue weighted by Crippen LogP contribution is -2.26. The molecule has 0 atom stereocenters. The number of nitrogens with zero attached hydrogens (tertiary/aromatic N) is 3. The molecule has 1 aliphatic heterocycles. The predicted octanol–water partition coefficient (Wildman–Crippen LogP) is 3.05. The first-order valence-electron chi connectivity index (χ1n) is 8.08. The Morgan fingerprint density at radius 3 is 2.48 bits per heavy atom. The molecule has 0 spiro atoms. The number of nitro groups is 2. The van der Waals surface area contributed by atoms with Gasteiger partial charge in [0.2, 0.25) is 0 Å². The summed E-state index contributed by atoms with van der Waals surface area (Å²) >= 11 is 0. The van der Waals surface area contributed by atoms with Gasteiger partial charge in [-0.2, -0.15) is 0 Å². The smallest absolute Gasteiger partial charge is 0.284 e. The van der Waals surface area contributed by atoms with Crippen molar-refractivity contribution in [1.82, 2.24) is 4.57 Å². The van der Waals surface area contributed by atoms with Gasteiger partial charge in [0.05, 0.1) is 39.5 Å². The van der Waals surface area contributed by atoms with Crippen LogP contribution in [0.2, 0.25) is 0 Å². The van der Waals surface area contributed by atoms with E-state index in [0.29, 0.717) is 24.4 Å². The van der Waals surface area contributed by atoms with Crippen molar-refractivity contribution < 1.29 is 14.6 Å². The van der Waals surface area contributed by atoms with Crippen molar-refractivity contribution in [3.8, 4) is 17.0 Å². The van der Waals surface area contributed by atoms with Gasteiger partial charge in [0.25, 0.3) is 16.9 Å². The molecule has 2 heterocycles. The lowest BCUT2D eigenvalue weighted by molar-refractivity contribution is -0.393. The summed E-state index contributed by atoms with van der Waals surface area (Å²) in [7, 11) is 1.56. The molecule has 1 aromatic heterocycles. The minimum absolute atomic E-state index is 0.0309. The fourth-order valence-corrected chi connectivity index (χ4v) is 3.51. The van der Waals surface area contributed by atoms with E-state index in [-0.39, 0.29) is 10.8 Å². The number of methoxy groups -OCH3 is 1. The van der Waals surface area contributed by atoms with Crippen LogP contribution in [0.4, 0.5) is 11.4 Å². The Hall–Kier alpha value is -3.75. The summed E-state index contributed by atoms with van der Waals surface area (Å²) in [5.74, 6) is 0.687. The van der Waals surface area contributed by atoms with E-state index < -0.39 is 26.8 Å². The number of fused-ring (bicyclic) bond motifs is 4. The maximum absolute atomic E-state index is 12.9. The van der Waals surface area contributed by atoms with Gasteiger partial charge in [0.1, 0.15) is 5.75 Å². The first-order valence-corrected chi connectivity index (χ1v) is 8.08. The van der Waals surface area contributed by atoms with Crippen LogP contribution < -0.4 is 10.3 Å². The van der Waals surface area contributed by atoms with Gasteiger partial charge in [-0.25, -0.2) is 0 Å². The molecule has 0 saturated carbocycles. The van der Waals surface area contributed by atoms with Crippen molar-refractivity contribution in [3.63, 3.8) is 0 Å². The van der Waals surface area contributed by atoms with Crippen molar-refractivity contribution in [2.45, 2.75) is 13.0 Å². The number of rotatable bonds is 3. The molecule has 0 unspecified atom stereocenters. The van der Waals surface area contributed by atoms with Gasteiger partial charge in [-0.05, 0) is 36.2 Å². The molecule has 0 amide bonds. The fraction of sp³-hybridized carbons (Fsp3) is 0.167. The molecule has 4 rings (SSSR count). The Bertz CT molecular complexity index is 1200. The highest BCUT2D eigenvalue weighted by atomic mass is 16.6. The van der Waals surface area contributed by atoms with E-state index in [1.165, 1.54) is 4.57 Å². The molecule has 0 aliphatic carbocycles. The summed E-state index contributed by atoms with van der Waals surface area (Å²) in [4.78, 5) is 34.1.